The van der Waals surface area contributed by atoms with Crippen molar-refractivity contribution in [3.8, 4) is 0 Å². The fraction of sp³-hybridized carbons (Fsp3) is 0.474. The molecule has 2 aromatic heterocycles. The van der Waals surface area contributed by atoms with E-state index in [0.29, 0.717) is 29.7 Å². The molecule has 3 heterocycles. The van der Waals surface area contributed by atoms with Crippen molar-refractivity contribution in [3.05, 3.63) is 35.4 Å². The number of benzene rings is 1. The lowest BCUT2D eigenvalue weighted by Crippen LogP contribution is -2.43. The predicted octanol–water partition coefficient (Wildman–Crippen LogP) is 3.02. The normalized spacial score (nSPS) is 17.2. The second-order valence-corrected chi connectivity index (χ2v) is 7.49. The standard InChI is InChI=1S/C19H23ClN6O2/c1-2-7-26-12-22-24-17(26)10-21-18(27)13-4-3-8-25(11-13)19-23-15-9-14(20)5-6-16(15)28-19/h5-6,9,12-13H,2-4,7-8,10-11H2,1H3,(H,21,27). The van der Waals surface area contributed by atoms with Crippen LogP contribution in [0.1, 0.15) is 32.0 Å². The highest BCUT2D eigenvalue weighted by molar-refractivity contribution is 6.31. The molecule has 0 radical (unpaired) electrons. The van der Waals surface area contributed by atoms with Crippen molar-refractivity contribution in [3.63, 3.8) is 0 Å². The van der Waals surface area contributed by atoms with Crippen molar-refractivity contribution >= 4 is 34.6 Å². The van der Waals surface area contributed by atoms with Crippen LogP contribution in [-0.2, 0) is 17.9 Å². The Balaban J connectivity index is 1.39. The molecule has 3 aromatic rings. The highest BCUT2D eigenvalue weighted by Crippen LogP contribution is 2.28. The molecule has 0 spiro atoms. The molecule has 1 unspecified atom stereocenters. The summed E-state index contributed by atoms with van der Waals surface area (Å²) in [5.74, 6) is 0.684. The lowest BCUT2D eigenvalue weighted by molar-refractivity contribution is -0.125. The van der Waals surface area contributed by atoms with Crippen LogP contribution in [0.4, 0.5) is 6.01 Å². The maximum Gasteiger partial charge on any atom is 0.298 e. The molecule has 1 aliphatic heterocycles. The molecule has 1 N–H and O–H groups in total. The number of carbonyl (C=O) groups excluding carboxylic acids is 1. The third kappa shape index (κ3) is 3.96. The van der Waals surface area contributed by atoms with Gasteiger partial charge in [0.15, 0.2) is 11.4 Å². The van der Waals surface area contributed by atoms with Crippen LogP contribution < -0.4 is 10.2 Å². The van der Waals surface area contributed by atoms with Gasteiger partial charge in [0.2, 0.25) is 5.91 Å². The average Bonchev–Trinajstić information content (AvgIpc) is 3.33. The molecule has 0 aliphatic carbocycles. The van der Waals surface area contributed by atoms with Gasteiger partial charge >= 0.3 is 0 Å². The first-order valence-corrected chi connectivity index (χ1v) is 9.97. The number of aryl methyl sites for hydroxylation is 1. The van der Waals surface area contributed by atoms with Crippen LogP contribution in [0.5, 0.6) is 0 Å². The van der Waals surface area contributed by atoms with E-state index in [0.717, 1.165) is 43.7 Å². The van der Waals surface area contributed by atoms with E-state index in [1.165, 1.54) is 0 Å². The van der Waals surface area contributed by atoms with Gasteiger partial charge in [0.05, 0.1) is 12.5 Å². The van der Waals surface area contributed by atoms with E-state index in [1.807, 2.05) is 15.5 Å². The Morgan fingerprint density at radius 1 is 1.43 bits per heavy atom. The van der Waals surface area contributed by atoms with Crippen LogP contribution in [0.15, 0.2) is 28.9 Å². The number of oxazole rings is 1. The van der Waals surface area contributed by atoms with Gasteiger partial charge < -0.3 is 19.2 Å². The van der Waals surface area contributed by atoms with Crippen molar-refractivity contribution in [2.45, 2.75) is 39.3 Å². The average molecular weight is 403 g/mol. The molecule has 9 heteroatoms. The largest absolute Gasteiger partial charge is 0.423 e. The fourth-order valence-electron chi connectivity index (χ4n) is 3.54. The number of halogens is 1. The first-order valence-electron chi connectivity index (χ1n) is 9.59. The van der Waals surface area contributed by atoms with Gasteiger partial charge in [0.1, 0.15) is 11.8 Å². The number of piperidine rings is 1. The molecule has 1 atom stereocenters. The molecule has 28 heavy (non-hydrogen) atoms. The molecule has 0 bridgehead atoms. The molecule has 1 saturated heterocycles. The molecule has 1 aromatic carbocycles. The monoisotopic (exact) mass is 402 g/mol. The summed E-state index contributed by atoms with van der Waals surface area (Å²) >= 11 is 6.03. The number of nitrogens with zero attached hydrogens (tertiary/aromatic N) is 5. The van der Waals surface area contributed by atoms with Crippen molar-refractivity contribution in [1.82, 2.24) is 25.1 Å². The van der Waals surface area contributed by atoms with E-state index in [1.54, 1.807) is 18.5 Å². The van der Waals surface area contributed by atoms with Crippen LogP contribution in [-0.4, -0.2) is 38.7 Å². The molecule has 4 rings (SSSR count). The van der Waals surface area contributed by atoms with Gasteiger partial charge in [-0.25, -0.2) is 0 Å². The molecule has 148 valence electrons. The van der Waals surface area contributed by atoms with Gasteiger partial charge in [0, 0.05) is 24.7 Å². The highest BCUT2D eigenvalue weighted by Gasteiger charge is 2.28. The maximum absolute atomic E-state index is 12.7. The molecule has 0 saturated carbocycles. The molecule has 1 fully saturated rings. The van der Waals surface area contributed by atoms with E-state index in [-0.39, 0.29) is 11.8 Å². The van der Waals surface area contributed by atoms with Gasteiger partial charge in [-0.1, -0.05) is 18.5 Å². The lowest BCUT2D eigenvalue weighted by atomic mass is 9.97. The number of aromatic nitrogens is 4. The number of amides is 1. The third-order valence-electron chi connectivity index (χ3n) is 4.98. The highest BCUT2D eigenvalue weighted by atomic mass is 35.5. The van der Waals surface area contributed by atoms with Crippen molar-refractivity contribution in [1.29, 1.82) is 0 Å². The first-order chi connectivity index (χ1) is 13.6. The second-order valence-electron chi connectivity index (χ2n) is 7.05. The number of anilines is 1. The van der Waals surface area contributed by atoms with Crippen molar-refractivity contribution in [2.24, 2.45) is 5.92 Å². The number of fused-ring (bicyclic) bond motifs is 1. The quantitative estimate of drug-likeness (QED) is 0.681. The van der Waals surface area contributed by atoms with Gasteiger partial charge in [-0.05, 0) is 37.5 Å². The summed E-state index contributed by atoms with van der Waals surface area (Å²) in [7, 11) is 0. The summed E-state index contributed by atoms with van der Waals surface area (Å²) < 4.78 is 7.82. The molecular weight excluding hydrogens is 380 g/mol. The van der Waals surface area contributed by atoms with Gasteiger partial charge in [-0.15, -0.1) is 10.2 Å². The van der Waals surface area contributed by atoms with E-state index < -0.39 is 0 Å². The Bertz CT molecular complexity index is 968. The Morgan fingerprint density at radius 3 is 3.18 bits per heavy atom. The first kappa shape index (κ1) is 18.7. The minimum absolute atomic E-state index is 0.0231. The zero-order valence-electron chi connectivity index (χ0n) is 15.8. The second kappa shape index (κ2) is 8.18. The number of rotatable bonds is 6. The van der Waals surface area contributed by atoms with E-state index in [2.05, 4.69) is 27.4 Å². The molecule has 8 nitrogen and oxygen atoms in total. The van der Waals surface area contributed by atoms with Gasteiger partial charge in [0.25, 0.3) is 6.01 Å². The minimum atomic E-state index is -0.116. The maximum atomic E-state index is 12.7. The molecular formula is C19H23ClN6O2. The minimum Gasteiger partial charge on any atom is -0.423 e. The Hall–Kier alpha value is -2.61. The van der Waals surface area contributed by atoms with E-state index >= 15 is 0 Å². The SMILES string of the molecule is CCCn1cnnc1CNC(=O)C1CCCN(c2nc3cc(Cl)ccc3o2)C1. The fourth-order valence-corrected chi connectivity index (χ4v) is 3.71. The number of carbonyl (C=O) groups is 1. The smallest absolute Gasteiger partial charge is 0.298 e. The Kier molecular flexibility index (Phi) is 5.47. The zero-order valence-corrected chi connectivity index (χ0v) is 16.5. The number of hydrogen-bond donors (Lipinski definition) is 1. The third-order valence-corrected chi connectivity index (χ3v) is 5.22. The summed E-state index contributed by atoms with van der Waals surface area (Å²) in [5, 5.41) is 11.7. The van der Waals surface area contributed by atoms with E-state index in [4.69, 9.17) is 16.0 Å². The lowest BCUT2D eigenvalue weighted by Gasteiger charge is -2.30. The molecule has 1 aliphatic rings. The van der Waals surface area contributed by atoms with Crippen molar-refractivity contribution in [2.75, 3.05) is 18.0 Å². The summed E-state index contributed by atoms with van der Waals surface area (Å²) in [5.41, 5.74) is 1.42. The van der Waals surface area contributed by atoms with E-state index in [9.17, 15) is 4.79 Å². The van der Waals surface area contributed by atoms with Crippen LogP contribution in [0.2, 0.25) is 5.02 Å². The zero-order chi connectivity index (χ0) is 19.5. The van der Waals surface area contributed by atoms with Crippen molar-refractivity contribution < 1.29 is 9.21 Å². The van der Waals surface area contributed by atoms with Gasteiger partial charge in [-0.3, -0.25) is 4.79 Å². The van der Waals surface area contributed by atoms with Crippen LogP contribution in [0, 0.1) is 5.92 Å². The summed E-state index contributed by atoms with van der Waals surface area (Å²) in [6.45, 7) is 4.72. The number of hydrogen-bond acceptors (Lipinski definition) is 6. The van der Waals surface area contributed by atoms with Crippen LogP contribution >= 0.6 is 11.6 Å². The Morgan fingerprint density at radius 2 is 2.32 bits per heavy atom. The Labute approximate surface area is 167 Å². The summed E-state index contributed by atoms with van der Waals surface area (Å²) in [6, 6.07) is 5.92. The van der Waals surface area contributed by atoms with Gasteiger partial charge in [-0.2, -0.15) is 4.98 Å². The van der Waals surface area contributed by atoms with Crippen LogP contribution in [0.3, 0.4) is 0 Å². The molecule has 1 amide bonds. The predicted molar refractivity (Wildman–Crippen MR) is 106 cm³/mol. The van der Waals surface area contributed by atoms with Crippen LogP contribution in [0.25, 0.3) is 11.1 Å². The summed E-state index contributed by atoms with van der Waals surface area (Å²) in [6.07, 6.45) is 4.44. The number of nitrogens with one attached hydrogen (secondary N) is 1. The summed E-state index contributed by atoms with van der Waals surface area (Å²) in [4.78, 5) is 19.3. The topological polar surface area (TPSA) is 89.1 Å².